The molecule has 0 saturated heterocycles. The van der Waals surface area contributed by atoms with Crippen molar-refractivity contribution in [3.8, 4) is 17.2 Å². The molecule has 0 amide bonds. The molecule has 8 heteroatoms. The van der Waals surface area contributed by atoms with E-state index >= 15 is 0 Å². The smallest absolute Gasteiger partial charge is 0.241 e. The van der Waals surface area contributed by atoms with Crippen LogP contribution in [0.1, 0.15) is 19.4 Å². The van der Waals surface area contributed by atoms with Gasteiger partial charge in [-0.2, -0.15) is 0 Å². The van der Waals surface area contributed by atoms with Crippen LogP contribution in [-0.2, 0) is 16.4 Å². The maximum atomic E-state index is 11.5. The molecule has 2 aromatic carbocycles. The summed E-state index contributed by atoms with van der Waals surface area (Å²) in [6.07, 6.45) is 0.582. The molecule has 27 heavy (non-hydrogen) atoms. The first-order valence-corrected chi connectivity index (χ1v) is 10.3. The van der Waals surface area contributed by atoms with Crippen LogP contribution in [0.25, 0.3) is 0 Å². The fourth-order valence-electron chi connectivity index (χ4n) is 2.65. The molecule has 0 bridgehead atoms. The fraction of sp³-hybridized carbons (Fsp3) is 0.368. The van der Waals surface area contributed by atoms with Crippen LogP contribution in [0.2, 0.25) is 0 Å². The zero-order valence-corrected chi connectivity index (χ0v) is 16.3. The second-order valence-electron chi connectivity index (χ2n) is 6.13. The Morgan fingerprint density at radius 3 is 2.44 bits per heavy atom. The van der Waals surface area contributed by atoms with Gasteiger partial charge >= 0.3 is 0 Å². The van der Waals surface area contributed by atoms with Crippen molar-refractivity contribution in [3.05, 3.63) is 48.0 Å². The van der Waals surface area contributed by atoms with Gasteiger partial charge in [0, 0.05) is 12.6 Å². The summed E-state index contributed by atoms with van der Waals surface area (Å²) in [4.78, 5) is -0.261. The van der Waals surface area contributed by atoms with Crippen molar-refractivity contribution in [3.63, 3.8) is 0 Å². The van der Waals surface area contributed by atoms with E-state index in [1.54, 1.807) is 6.07 Å². The van der Waals surface area contributed by atoms with Gasteiger partial charge in [0.2, 0.25) is 10.0 Å². The maximum absolute atomic E-state index is 11.5. The first kappa shape index (κ1) is 21.0. The number of phenolic OH excluding ortho intramolecular Hbond substituents is 1. The molecule has 1 atom stereocenters. The average molecular weight is 394 g/mol. The number of aromatic hydroxyl groups is 1. The lowest BCUT2D eigenvalue weighted by atomic mass is 10.1. The zero-order valence-electron chi connectivity index (χ0n) is 15.5. The third-order valence-corrected chi connectivity index (χ3v) is 4.81. The Hall–Kier alpha value is -2.29. The number of nitrogens with one attached hydrogen (secondary N) is 1. The van der Waals surface area contributed by atoms with E-state index in [0.29, 0.717) is 37.7 Å². The molecule has 0 aliphatic rings. The number of hydrogen-bond donors (Lipinski definition) is 3. The van der Waals surface area contributed by atoms with Crippen LogP contribution < -0.4 is 19.9 Å². The first-order valence-electron chi connectivity index (χ1n) is 8.74. The Morgan fingerprint density at radius 2 is 1.81 bits per heavy atom. The second kappa shape index (κ2) is 9.59. The van der Waals surface area contributed by atoms with E-state index < -0.39 is 10.0 Å². The van der Waals surface area contributed by atoms with Crippen LogP contribution in [0.15, 0.2) is 47.4 Å². The average Bonchev–Trinajstić information content (AvgIpc) is 2.61. The number of benzene rings is 2. The van der Waals surface area contributed by atoms with Crippen molar-refractivity contribution < 1.29 is 23.0 Å². The van der Waals surface area contributed by atoms with Crippen LogP contribution in [0.4, 0.5) is 0 Å². The number of para-hydroxylation sites is 2. The number of rotatable bonds is 10. The fourth-order valence-corrected chi connectivity index (χ4v) is 3.32. The van der Waals surface area contributed by atoms with Gasteiger partial charge in [0.25, 0.3) is 0 Å². The highest BCUT2D eigenvalue weighted by atomic mass is 32.2. The molecule has 0 radical (unpaired) electrons. The van der Waals surface area contributed by atoms with Crippen molar-refractivity contribution in [1.82, 2.24) is 5.32 Å². The van der Waals surface area contributed by atoms with Crippen molar-refractivity contribution in [2.45, 2.75) is 31.2 Å². The molecule has 0 saturated carbocycles. The summed E-state index contributed by atoms with van der Waals surface area (Å²) < 4.78 is 34.2. The molecule has 4 N–H and O–H groups in total. The normalized spacial score (nSPS) is 12.6. The van der Waals surface area contributed by atoms with E-state index in [1.807, 2.05) is 38.1 Å². The van der Waals surface area contributed by atoms with E-state index in [2.05, 4.69) is 5.32 Å². The number of phenols is 1. The van der Waals surface area contributed by atoms with Crippen LogP contribution in [0, 0.1) is 0 Å². The first-order chi connectivity index (χ1) is 12.8. The van der Waals surface area contributed by atoms with Crippen molar-refractivity contribution in [2.24, 2.45) is 5.14 Å². The van der Waals surface area contributed by atoms with E-state index in [-0.39, 0.29) is 16.7 Å². The third-order valence-electron chi connectivity index (χ3n) is 3.87. The molecule has 0 aliphatic carbocycles. The third kappa shape index (κ3) is 6.42. The molecule has 0 aliphatic heterocycles. The second-order valence-corrected chi connectivity index (χ2v) is 7.66. The number of primary sulfonamides is 1. The highest BCUT2D eigenvalue weighted by Crippen LogP contribution is 2.26. The molecular weight excluding hydrogens is 368 g/mol. The van der Waals surface area contributed by atoms with Crippen LogP contribution in [0.5, 0.6) is 17.2 Å². The van der Waals surface area contributed by atoms with Crippen molar-refractivity contribution in [2.75, 3.05) is 19.8 Å². The lowest BCUT2D eigenvalue weighted by molar-refractivity contribution is 0.272. The maximum Gasteiger partial charge on any atom is 0.241 e. The van der Waals surface area contributed by atoms with Gasteiger partial charge in [-0.3, -0.25) is 0 Å². The Labute approximate surface area is 160 Å². The molecule has 0 heterocycles. The van der Waals surface area contributed by atoms with Gasteiger partial charge < -0.3 is 19.9 Å². The molecule has 7 nitrogen and oxygen atoms in total. The van der Waals surface area contributed by atoms with Crippen LogP contribution in [0.3, 0.4) is 0 Å². The zero-order chi connectivity index (χ0) is 19.9. The summed E-state index contributed by atoms with van der Waals surface area (Å²) in [5, 5.41) is 18.1. The Bertz CT molecular complexity index is 855. The van der Waals surface area contributed by atoms with E-state index in [0.717, 1.165) is 5.56 Å². The number of ether oxygens (including phenoxy) is 2. The quantitative estimate of drug-likeness (QED) is 0.532. The minimum absolute atomic E-state index is 0.0774. The van der Waals surface area contributed by atoms with Crippen molar-refractivity contribution >= 4 is 10.0 Å². The van der Waals surface area contributed by atoms with E-state index in [1.165, 1.54) is 12.1 Å². The molecule has 0 fully saturated rings. The summed E-state index contributed by atoms with van der Waals surface area (Å²) in [5.41, 5.74) is 0.763. The van der Waals surface area contributed by atoms with Gasteiger partial charge in [-0.15, -0.1) is 0 Å². The largest absolute Gasteiger partial charge is 0.507 e. The minimum atomic E-state index is -3.95. The SMILES string of the molecule is CCOc1ccccc1OCCN[C@H](C)Cc1ccc(O)c(S(N)(=O)=O)c1. The number of nitrogens with two attached hydrogens (primary N) is 1. The lowest BCUT2D eigenvalue weighted by Crippen LogP contribution is -2.32. The van der Waals surface area contributed by atoms with E-state index in [4.69, 9.17) is 14.6 Å². The van der Waals surface area contributed by atoms with Crippen molar-refractivity contribution in [1.29, 1.82) is 0 Å². The standard InChI is InChI=1S/C19H26N2O5S/c1-3-25-17-6-4-5-7-18(17)26-11-10-21-14(2)12-15-8-9-16(22)19(13-15)27(20,23)24/h4-9,13-14,21-22H,3,10-12H2,1-2H3,(H2,20,23,24)/t14-/m1/s1. The monoisotopic (exact) mass is 394 g/mol. The summed E-state index contributed by atoms with van der Waals surface area (Å²) >= 11 is 0. The summed E-state index contributed by atoms with van der Waals surface area (Å²) in [6, 6.07) is 12.0. The Morgan fingerprint density at radius 1 is 1.15 bits per heavy atom. The molecule has 0 spiro atoms. The molecule has 0 aromatic heterocycles. The van der Waals surface area contributed by atoms with Gasteiger partial charge in [0.05, 0.1) is 6.61 Å². The Balaban J connectivity index is 1.84. The highest BCUT2D eigenvalue weighted by Gasteiger charge is 2.15. The number of sulfonamides is 1. The van der Waals surface area contributed by atoms with Crippen LogP contribution >= 0.6 is 0 Å². The predicted molar refractivity (Wildman–Crippen MR) is 104 cm³/mol. The van der Waals surface area contributed by atoms with Crippen LogP contribution in [-0.4, -0.2) is 39.3 Å². The molecule has 0 unspecified atom stereocenters. The molecule has 2 aromatic rings. The predicted octanol–water partition coefficient (Wildman–Crippen LogP) is 2.04. The van der Waals surface area contributed by atoms with Gasteiger partial charge in [-0.1, -0.05) is 18.2 Å². The minimum Gasteiger partial charge on any atom is -0.507 e. The highest BCUT2D eigenvalue weighted by molar-refractivity contribution is 7.89. The molecule has 148 valence electrons. The van der Waals surface area contributed by atoms with Gasteiger partial charge in [0.15, 0.2) is 11.5 Å². The topological polar surface area (TPSA) is 111 Å². The molecular formula is C19H26N2O5S. The molecule has 2 rings (SSSR count). The lowest BCUT2D eigenvalue weighted by Gasteiger charge is -2.16. The number of hydrogen-bond acceptors (Lipinski definition) is 6. The van der Waals surface area contributed by atoms with Gasteiger partial charge in [-0.25, -0.2) is 13.6 Å². The summed E-state index contributed by atoms with van der Waals surface area (Å²) in [7, 11) is -3.95. The van der Waals surface area contributed by atoms with Gasteiger partial charge in [0.1, 0.15) is 17.3 Å². The Kier molecular flexibility index (Phi) is 7.46. The van der Waals surface area contributed by atoms with E-state index in [9.17, 15) is 13.5 Å². The summed E-state index contributed by atoms with van der Waals surface area (Å²) in [5.74, 6) is 1.07. The summed E-state index contributed by atoms with van der Waals surface area (Å²) in [6.45, 7) is 5.55. The van der Waals surface area contributed by atoms with Gasteiger partial charge in [-0.05, 0) is 50.1 Å².